The molecular formula is C25H29N3O3S. The van der Waals surface area contributed by atoms with Crippen molar-refractivity contribution >= 4 is 27.5 Å². The van der Waals surface area contributed by atoms with Gasteiger partial charge >= 0.3 is 0 Å². The average Bonchev–Trinajstić information content (AvgIpc) is 3.29. The van der Waals surface area contributed by atoms with Gasteiger partial charge < -0.3 is 19.7 Å². The summed E-state index contributed by atoms with van der Waals surface area (Å²) >= 11 is 1.55. The number of carbonyl (C=O) groups excluding carboxylic acids is 1. The van der Waals surface area contributed by atoms with Crippen LogP contribution in [0.5, 0.6) is 16.7 Å². The highest BCUT2D eigenvalue weighted by Crippen LogP contribution is 2.36. The molecule has 3 atom stereocenters. The van der Waals surface area contributed by atoms with Crippen LogP contribution in [0.25, 0.3) is 10.2 Å². The third-order valence-corrected chi connectivity index (χ3v) is 7.35. The van der Waals surface area contributed by atoms with Gasteiger partial charge in [-0.25, -0.2) is 4.98 Å². The number of fused-ring (bicyclic) bond motifs is 3. The van der Waals surface area contributed by atoms with Gasteiger partial charge in [-0.2, -0.15) is 0 Å². The van der Waals surface area contributed by atoms with Gasteiger partial charge in [-0.05, 0) is 74.6 Å². The largest absolute Gasteiger partial charge is 0.492 e. The first-order valence-corrected chi connectivity index (χ1v) is 12.2. The number of nitrogens with zero attached hydrogens (tertiary/aromatic N) is 2. The maximum Gasteiger partial charge on any atom is 0.279 e. The fourth-order valence-corrected chi connectivity index (χ4v) is 5.98. The first-order valence-electron chi connectivity index (χ1n) is 11.4. The molecule has 1 amide bonds. The van der Waals surface area contributed by atoms with E-state index in [0.29, 0.717) is 29.9 Å². The van der Waals surface area contributed by atoms with Gasteiger partial charge in [0.1, 0.15) is 18.1 Å². The van der Waals surface area contributed by atoms with Crippen LogP contribution in [0.15, 0.2) is 42.5 Å². The Morgan fingerprint density at radius 2 is 1.84 bits per heavy atom. The van der Waals surface area contributed by atoms with E-state index in [0.717, 1.165) is 53.9 Å². The number of rotatable bonds is 7. The second-order valence-electron chi connectivity index (χ2n) is 8.81. The smallest absolute Gasteiger partial charge is 0.279 e. The normalized spacial score (nSPS) is 22.3. The molecule has 2 aromatic carbocycles. The molecule has 2 fully saturated rings. The molecule has 0 saturated carbocycles. The molecule has 0 aliphatic carbocycles. The highest BCUT2D eigenvalue weighted by Gasteiger charge is 2.41. The van der Waals surface area contributed by atoms with Crippen LogP contribution >= 0.6 is 11.3 Å². The van der Waals surface area contributed by atoms with E-state index in [1.165, 1.54) is 5.56 Å². The van der Waals surface area contributed by atoms with E-state index in [9.17, 15) is 4.79 Å². The fourth-order valence-electron chi connectivity index (χ4n) is 5.05. The van der Waals surface area contributed by atoms with Crippen LogP contribution in [0.4, 0.5) is 0 Å². The van der Waals surface area contributed by atoms with Gasteiger partial charge in [0, 0.05) is 31.6 Å². The molecule has 6 nitrogen and oxygen atoms in total. The van der Waals surface area contributed by atoms with E-state index in [4.69, 9.17) is 9.47 Å². The molecule has 2 unspecified atom stereocenters. The first kappa shape index (κ1) is 21.2. The molecule has 2 aliphatic rings. The Morgan fingerprint density at radius 3 is 2.56 bits per heavy atom. The van der Waals surface area contributed by atoms with Crippen LogP contribution in [0.1, 0.15) is 38.2 Å². The van der Waals surface area contributed by atoms with Crippen molar-refractivity contribution < 1.29 is 14.3 Å². The van der Waals surface area contributed by atoms with Gasteiger partial charge in [-0.1, -0.05) is 17.4 Å². The van der Waals surface area contributed by atoms with Gasteiger partial charge in [0.15, 0.2) is 0 Å². The Morgan fingerprint density at radius 1 is 1.12 bits per heavy atom. The number of aryl methyl sites for hydroxylation is 1. The summed E-state index contributed by atoms with van der Waals surface area (Å²) in [6.45, 7) is 5.19. The number of benzene rings is 2. The van der Waals surface area contributed by atoms with Crippen molar-refractivity contribution in [3.63, 3.8) is 0 Å². The second-order valence-corrected chi connectivity index (χ2v) is 9.80. The second kappa shape index (κ2) is 9.08. The molecule has 2 aliphatic heterocycles. The summed E-state index contributed by atoms with van der Waals surface area (Å²) in [7, 11) is 0. The summed E-state index contributed by atoms with van der Waals surface area (Å²) in [6, 6.07) is 15.2. The minimum atomic E-state index is 0.227. The molecule has 32 heavy (non-hydrogen) atoms. The number of hydrogen-bond acceptors (Lipinski definition) is 6. The molecular weight excluding hydrogens is 422 g/mol. The summed E-state index contributed by atoms with van der Waals surface area (Å²) in [4.78, 5) is 18.5. The molecule has 0 spiro atoms. The molecule has 3 aromatic rings. The van der Waals surface area contributed by atoms with Gasteiger partial charge in [0.05, 0.1) is 10.2 Å². The van der Waals surface area contributed by atoms with Crippen molar-refractivity contribution in [3.05, 3.63) is 48.0 Å². The van der Waals surface area contributed by atoms with Gasteiger partial charge in [-0.3, -0.25) is 4.79 Å². The van der Waals surface area contributed by atoms with Crippen molar-refractivity contribution in [2.75, 3.05) is 13.2 Å². The number of thiazole rings is 1. The summed E-state index contributed by atoms with van der Waals surface area (Å²) in [5.74, 6) is 1.80. The quantitative estimate of drug-likeness (QED) is 0.517. The third-order valence-electron chi connectivity index (χ3n) is 6.45. The number of amides is 1. The predicted molar refractivity (Wildman–Crippen MR) is 127 cm³/mol. The summed E-state index contributed by atoms with van der Waals surface area (Å²) < 4.78 is 13.0. The van der Waals surface area contributed by atoms with Crippen molar-refractivity contribution in [3.8, 4) is 16.7 Å². The molecule has 1 aromatic heterocycles. The Balaban J connectivity index is 1.07. The molecule has 168 valence electrons. The van der Waals surface area contributed by atoms with E-state index in [1.807, 2.05) is 30.3 Å². The first-order chi connectivity index (χ1) is 15.5. The van der Waals surface area contributed by atoms with Gasteiger partial charge in [0.25, 0.3) is 5.19 Å². The standard InChI is InChI=1S/C25H29N3O3S/c1-16-3-10-23-24(13-16)32-25(27-23)31-22-8-6-21(7-9-22)30-12-11-26-18-14-19-4-5-20(15-18)28(19)17(2)29/h3,6-10,13,18-20,26H,4-5,11-12,14-15H2,1-2H3/t18?,19-,20?/m1/s1. The van der Waals surface area contributed by atoms with Crippen LogP contribution in [-0.4, -0.2) is 47.1 Å². The Bertz CT molecular complexity index is 1080. The van der Waals surface area contributed by atoms with Crippen LogP contribution in [0.2, 0.25) is 0 Å². The SMILES string of the molecule is CC(=O)N1C2CC[C@@H]1CC(NCCOc1ccc(Oc3nc4ccc(C)cc4s3)cc1)C2. The lowest BCUT2D eigenvalue weighted by Crippen LogP contribution is -2.51. The van der Waals surface area contributed by atoms with Crippen molar-refractivity contribution in [2.24, 2.45) is 0 Å². The number of carbonyl (C=O) groups is 1. The highest BCUT2D eigenvalue weighted by atomic mass is 32.1. The Hall–Kier alpha value is -2.64. The van der Waals surface area contributed by atoms with E-state index in [1.54, 1.807) is 18.3 Å². The number of ether oxygens (including phenoxy) is 2. The lowest BCUT2D eigenvalue weighted by atomic mass is 9.97. The monoisotopic (exact) mass is 451 g/mol. The van der Waals surface area contributed by atoms with E-state index in [-0.39, 0.29) is 5.91 Å². The number of piperidine rings is 1. The summed E-state index contributed by atoms with van der Waals surface area (Å²) in [5.41, 5.74) is 2.18. The van der Waals surface area contributed by atoms with Gasteiger partial charge in [-0.15, -0.1) is 0 Å². The van der Waals surface area contributed by atoms with Crippen molar-refractivity contribution in [1.29, 1.82) is 0 Å². The van der Waals surface area contributed by atoms with E-state index >= 15 is 0 Å². The zero-order chi connectivity index (χ0) is 22.1. The van der Waals surface area contributed by atoms with Crippen LogP contribution < -0.4 is 14.8 Å². The third kappa shape index (κ3) is 4.59. The molecule has 2 saturated heterocycles. The molecule has 0 radical (unpaired) electrons. The van der Waals surface area contributed by atoms with Crippen molar-refractivity contribution in [1.82, 2.24) is 15.2 Å². The van der Waals surface area contributed by atoms with Crippen LogP contribution in [0.3, 0.4) is 0 Å². The predicted octanol–water partition coefficient (Wildman–Crippen LogP) is 4.91. The number of hydrogen-bond donors (Lipinski definition) is 1. The van der Waals surface area contributed by atoms with Gasteiger partial charge in [0.2, 0.25) is 5.91 Å². The highest BCUT2D eigenvalue weighted by molar-refractivity contribution is 7.20. The average molecular weight is 452 g/mol. The van der Waals surface area contributed by atoms with E-state index < -0.39 is 0 Å². The van der Waals surface area contributed by atoms with Crippen LogP contribution in [0, 0.1) is 6.92 Å². The Kier molecular flexibility index (Phi) is 6.02. The Labute approximate surface area is 192 Å². The van der Waals surface area contributed by atoms with Crippen molar-refractivity contribution in [2.45, 2.75) is 57.7 Å². The number of aromatic nitrogens is 1. The minimum absolute atomic E-state index is 0.227. The zero-order valence-corrected chi connectivity index (χ0v) is 19.4. The molecule has 2 bridgehead atoms. The number of nitrogens with one attached hydrogen (secondary N) is 1. The molecule has 5 rings (SSSR count). The van der Waals surface area contributed by atoms with E-state index in [2.05, 4.69) is 34.3 Å². The summed E-state index contributed by atoms with van der Waals surface area (Å²) in [6.07, 6.45) is 4.38. The topological polar surface area (TPSA) is 63.7 Å². The zero-order valence-electron chi connectivity index (χ0n) is 18.5. The molecule has 1 N–H and O–H groups in total. The minimum Gasteiger partial charge on any atom is -0.492 e. The lowest BCUT2D eigenvalue weighted by molar-refractivity contribution is -0.133. The molecule has 7 heteroatoms. The fraction of sp³-hybridized carbons (Fsp3) is 0.440. The van der Waals surface area contributed by atoms with Crippen LogP contribution in [-0.2, 0) is 4.79 Å². The maximum absolute atomic E-state index is 11.8. The summed E-state index contributed by atoms with van der Waals surface area (Å²) in [5, 5.41) is 4.26. The molecule has 3 heterocycles. The lowest BCUT2D eigenvalue weighted by Gasteiger charge is -2.38. The maximum atomic E-state index is 11.8.